The first kappa shape index (κ1) is 12.4. The van der Waals surface area contributed by atoms with Crippen LogP contribution in [0.2, 0.25) is 0 Å². The predicted molar refractivity (Wildman–Crippen MR) is 64.8 cm³/mol. The molecular weight excluding hydrogens is 204 g/mol. The van der Waals surface area contributed by atoms with Crippen LogP contribution < -0.4 is 15.4 Å². The van der Waals surface area contributed by atoms with E-state index < -0.39 is 0 Å². The van der Waals surface area contributed by atoms with Crippen LogP contribution in [-0.2, 0) is 11.2 Å². The van der Waals surface area contributed by atoms with Gasteiger partial charge in [0.2, 0.25) is 5.91 Å². The van der Waals surface area contributed by atoms with Crippen molar-refractivity contribution < 1.29 is 9.53 Å². The number of benzene rings is 1. The van der Waals surface area contributed by atoms with E-state index in [1.54, 1.807) is 7.11 Å². The Kier molecular flexibility index (Phi) is 4.17. The third kappa shape index (κ3) is 2.89. The van der Waals surface area contributed by atoms with Gasteiger partial charge in [0, 0.05) is 12.7 Å². The number of nitrogens with zero attached hydrogens (tertiary/aromatic N) is 1. The van der Waals surface area contributed by atoms with Crippen molar-refractivity contribution in [2.45, 2.75) is 13.3 Å². The highest BCUT2D eigenvalue weighted by Gasteiger charge is 2.07. The number of primary amides is 1. The number of aryl methyl sites for hydroxylation is 1. The van der Waals surface area contributed by atoms with Gasteiger partial charge < -0.3 is 15.4 Å². The number of anilines is 1. The van der Waals surface area contributed by atoms with E-state index in [-0.39, 0.29) is 12.5 Å². The van der Waals surface area contributed by atoms with Crippen molar-refractivity contribution in [1.82, 2.24) is 0 Å². The van der Waals surface area contributed by atoms with E-state index in [2.05, 4.69) is 6.92 Å². The molecule has 0 saturated heterocycles. The molecule has 0 heterocycles. The van der Waals surface area contributed by atoms with Gasteiger partial charge in [0.15, 0.2) is 0 Å². The summed E-state index contributed by atoms with van der Waals surface area (Å²) in [4.78, 5) is 12.6. The first-order chi connectivity index (χ1) is 7.58. The van der Waals surface area contributed by atoms with Crippen molar-refractivity contribution in [3.05, 3.63) is 23.8 Å². The molecule has 1 amide bonds. The van der Waals surface area contributed by atoms with E-state index >= 15 is 0 Å². The van der Waals surface area contributed by atoms with Gasteiger partial charge in [-0.25, -0.2) is 0 Å². The minimum Gasteiger partial charge on any atom is -0.496 e. The number of hydrogen-bond donors (Lipinski definition) is 1. The molecule has 0 atom stereocenters. The van der Waals surface area contributed by atoms with Gasteiger partial charge in [-0.05, 0) is 30.2 Å². The van der Waals surface area contributed by atoms with Crippen LogP contribution in [0.3, 0.4) is 0 Å². The van der Waals surface area contributed by atoms with Crippen molar-refractivity contribution in [3.8, 4) is 5.75 Å². The van der Waals surface area contributed by atoms with Gasteiger partial charge in [-0.2, -0.15) is 0 Å². The van der Waals surface area contributed by atoms with E-state index in [0.717, 1.165) is 23.4 Å². The lowest BCUT2D eigenvalue weighted by Crippen LogP contribution is -2.30. The number of rotatable bonds is 5. The standard InChI is InChI=1S/C12H18N2O2/c1-4-9-7-10(5-6-11(9)16-3)14(2)8-12(13)15/h5-7H,4,8H2,1-3H3,(H2,13,15). The summed E-state index contributed by atoms with van der Waals surface area (Å²) in [6.45, 7) is 2.28. The van der Waals surface area contributed by atoms with Crippen molar-refractivity contribution in [3.63, 3.8) is 0 Å². The molecule has 0 aromatic heterocycles. The fourth-order valence-electron chi connectivity index (χ4n) is 1.60. The average Bonchev–Trinajstić information content (AvgIpc) is 2.27. The number of nitrogens with two attached hydrogens (primary N) is 1. The van der Waals surface area contributed by atoms with Crippen LogP contribution in [0.15, 0.2) is 18.2 Å². The summed E-state index contributed by atoms with van der Waals surface area (Å²) in [5.74, 6) is 0.537. The van der Waals surface area contributed by atoms with Gasteiger partial charge >= 0.3 is 0 Å². The molecule has 0 fully saturated rings. The first-order valence-corrected chi connectivity index (χ1v) is 5.24. The molecule has 0 radical (unpaired) electrons. The van der Waals surface area contributed by atoms with Crippen molar-refractivity contribution in [1.29, 1.82) is 0 Å². The highest BCUT2D eigenvalue weighted by molar-refractivity contribution is 5.79. The monoisotopic (exact) mass is 222 g/mol. The molecule has 4 heteroatoms. The van der Waals surface area contributed by atoms with E-state index in [4.69, 9.17) is 10.5 Å². The van der Waals surface area contributed by atoms with E-state index in [9.17, 15) is 4.79 Å². The Bertz CT molecular complexity index is 377. The highest BCUT2D eigenvalue weighted by Crippen LogP contribution is 2.24. The molecule has 0 saturated carbocycles. The Morgan fingerprint density at radius 2 is 2.19 bits per heavy atom. The molecule has 0 aliphatic rings. The van der Waals surface area contributed by atoms with E-state index in [0.29, 0.717) is 0 Å². The van der Waals surface area contributed by atoms with Crippen LogP contribution in [0.1, 0.15) is 12.5 Å². The molecule has 0 unspecified atom stereocenters. The summed E-state index contributed by atoms with van der Waals surface area (Å²) in [6.07, 6.45) is 0.890. The number of ether oxygens (including phenoxy) is 1. The molecule has 1 aromatic rings. The number of amides is 1. The zero-order valence-electron chi connectivity index (χ0n) is 9.99. The fourth-order valence-corrected chi connectivity index (χ4v) is 1.60. The van der Waals surface area contributed by atoms with Crippen LogP contribution in [0.4, 0.5) is 5.69 Å². The van der Waals surface area contributed by atoms with Crippen LogP contribution in [-0.4, -0.2) is 26.6 Å². The predicted octanol–water partition coefficient (Wildman–Crippen LogP) is 1.18. The van der Waals surface area contributed by atoms with Crippen LogP contribution in [0.25, 0.3) is 0 Å². The molecule has 88 valence electrons. The molecule has 1 rings (SSSR count). The molecule has 16 heavy (non-hydrogen) atoms. The first-order valence-electron chi connectivity index (χ1n) is 5.24. The quantitative estimate of drug-likeness (QED) is 0.814. The second kappa shape index (κ2) is 5.39. The van der Waals surface area contributed by atoms with Gasteiger partial charge in [0.1, 0.15) is 5.75 Å². The third-order valence-electron chi connectivity index (χ3n) is 2.48. The SMILES string of the molecule is CCc1cc(N(C)CC(N)=O)ccc1OC. The zero-order chi connectivity index (χ0) is 12.1. The van der Waals surface area contributed by atoms with Gasteiger partial charge in [-0.15, -0.1) is 0 Å². The molecule has 1 aromatic carbocycles. The summed E-state index contributed by atoms with van der Waals surface area (Å²) in [5, 5.41) is 0. The summed E-state index contributed by atoms with van der Waals surface area (Å²) < 4.78 is 5.24. The maximum absolute atomic E-state index is 10.8. The maximum atomic E-state index is 10.8. The van der Waals surface area contributed by atoms with Crippen LogP contribution in [0, 0.1) is 0 Å². The van der Waals surface area contributed by atoms with Crippen molar-refractivity contribution in [2.24, 2.45) is 5.73 Å². The Balaban J connectivity index is 2.93. The molecule has 2 N–H and O–H groups in total. The lowest BCUT2D eigenvalue weighted by Gasteiger charge is -2.19. The highest BCUT2D eigenvalue weighted by atomic mass is 16.5. The summed E-state index contributed by atoms with van der Waals surface area (Å²) in [6, 6.07) is 5.84. The lowest BCUT2D eigenvalue weighted by molar-refractivity contribution is -0.116. The van der Waals surface area contributed by atoms with Crippen molar-refractivity contribution >= 4 is 11.6 Å². The molecule has 0 aliphatic heterocycles. The third-order valence-corrected chi connectivity index (χ3v) is 2.48. The molecular formula is C12H18N2O2. The number of carbonyl (C=O) groups excluding carboxylic acids is 1. The topological polar surface area (TPSA) is 55.6 Å². The minimum absolute atomic E-state index is 0.218. The summed E-state index contributed by atoms with van der Waals surface area (Å²) >= 11 is 0. The summed E-state index contributed by atoms with van der Waals surface area (Å²) in [7, 11) is 3.49. The fraction of sp³-hybridized carbons (Fsp3) is 0.417. The smallest absolute Gasteiger partial charge is 0.236 e. The average molecular weight is 222 g/mol. The molecule has 0 bridgehead atoms. The Hall–Kier alpha value is -1.71. The Labute approximate surface area is 96.0 Å². The minimum atomic E-state index is -0.337. The summed E-state index contributed by atoms with van der Waals surface area (Å²) in [5.41, 5.74) is 7.24. The zero-order valence-corrected chi connectivity index (χ0v) is 9.99. The molecule has 0 spiro atoms. The van der Waals surface area contributed by atoms with Gasteiger partial charge in [0.05, 0.1) is 13.7 Å². The van der Waals surface area contributed by atoms with Crippen LogP contribution >= 0.6 is 0 Å². The Morgan fingerprint density at radius 1 is 1.50 bits per heavy atom. The number of hydrogen-bond acceptors (Lipinski definition) is 3. The molecule has 0 aliphatic carbocycles. The van der Waals surface area contributed by atoms with E-state index in [1.165, 1.54) is 0 Å². The number of methoxy groups -OCH3 is 1. The van der Waals surface area contributed by atoms with Gasteiger partial charge in [0.25, 0.3) is 0 Å². The second-order valence-corrected chi connectivity index (χ2v) is 3.67. The lowest BCUT2D eigenvalue weighted by atomic mass is 10.1. The molecule has 4 nitrogen and oxygen atoms in total. The van der Waals surface area contributed by atoms with Crippen LogP contribution in [0.5, 0.6) is 5.75 Å². The van der Waals surface area contributed by atoms with Crippen molar-refractivity contribution in [2.75, 3.05) is 25.6 Å². The normalized spacial score (nSPS) is 9.94. The Morgan fingerprint density at radius 3 is 2.69 bits per heavy atom. The van der Waals surface area contributed by atoms with Gasteiger partial charge in [-0.1, -0.05) is 6.92 Å². The number of likely N-dealkylation sites (N-methyl/N-ethyl adjacent to an activating group) is 1. The van der Waals surface area contributed by atoms with E-state index in [1.807, 2.05) is 30.1 Å². The number of carbonyl (C=O) groups is 1. The van der Waals surface area contributed by atoms with Gasteiger partial charge in [-0.3, -0.25) is 4.79 Å². The maximum Gasteiger partial charge on any atom is 0.236 e. The second-order valence-electron chi connectivity index (χ2n) is 3.67. The largest absolute Gasteiger partial charge is 0.496 e.